The average Bonchev–Trinajstić information content (AvgIpc) is 2.91. The molecule has 96 valence electrons. The van der Waals surface area contributed by atoms with Gasteiger partial charge in [0, 0.05) is 22.2 Å². The van der Waals surface area contributed by atoms with Crippen molar-refractivity contribution >= 4 is 16.7 Å². The molecule has 0 aliphatic carbocycles. The first-order valence-corrected chi connectivity index (χ1v) is 6.36. The summed E-state index contributed by atoms with van der Waals surface area (Å²) in [6.07, 6.45) is -0.0871. The summed E-state index contributed by atoms with van der Waals surface area (Å²) in [6.45, 7) is 0. The minimum atomic E-state index is -0.148. The summed E-state index contributed by atoms with van der Waals surface area (Å²) in [4.78, 5) is 15.1. The van der Waals surface area contributed by atoms with Gasteiger partial charge in [-0.25, -0.2) is 0 Å². The molecule has 0 atom stereocenters. The molecular formula is C17H12N2O. The van der Waals surface area contributed by atoms with Gasteiger partial charge in [0.25, 0.3) is 0 Å². The highest BCUT2D eigenvalue weighted by Crippen LogP contribution is 2.24. The fourth-order valence-corrected chi connectivity index (χ4v) is 2.26. The number of hydrogen-bond donors (Lipinski definition) is 1. The molecule has 1 N–H and O–H groups in total. The molecule has 0 saturated heterocycles. The van der Waals surface area contributed by atoms with Crippen LogP contribution in [-0.4, -0.2) is 10.8 Å². The number of benzene rings is 2. The van der Waals surface area contributed by atoms with Crippen molar-refractivity contribution in [2.24, 2.45) is 0 Å². The molecule has 0 saturated carbocycles. The molecule has 0 radical (unpaired) electrons. The number of aromatic nitrogens is 1. The fourth-order valence-electron chi connectivity index (χ4n) is 2.26. The van der Waals surface area contributed by atoms with E-state index in [-0.39, 0.29) is 12.2 Å². The normalized spacial score (nSPS) is 10.3. The highest BCUT2D eigenvalue weighted by Gasteiger charge is 2.08. The molecule has 2 aromatic carbocycles. The van der Waals surface area contributed by atoms with E-state index in [1.165, 1.54) is 0 Å². The molecule has 3 aromatic rings. The van der Waals surface area contributed by atoms with Crippen LogP contribution >= 0.6 is 0 Å². The number of nitrogens with one attached hydrogen (secondary N) is 1. The topological polar surface area (TPSA) is 56.6 Å². The quantitative estimate of drug-likeness (QED) is 0.725. The van der Waals surface area contributed by atoms with Crippen LogP contribution in [0, 0.1) is 11.3 Å². The lowest BCUT2D eigenvalue weighted by molar-refractivity contribution is 0.0998. The van der Waals surface area contributed by atoms with Gasteiger partial charge in [-0.2, -0.15) is 5.26 Å². The maximum Gasteiger partial charge on any atom is 0.176 e. The van der Waals surface area contributed by atoms with Crippen LogP contribution in [0.2, 0.25) is 0 Å². The molecule has 0 aliphatic rings. The molecule has 0 bridgehead atoms. The van der Waals surface area contributed by atoms with Crippen LogP contribution in [0.25, 0.3) is 22.2 Å². The molecule has 1 aromatic heterocycles. The maximum absolute atomic E-state index is 11.8. The van der Waals surface area contributed by atoms with Crippen LogP contribution in [0.1, 0.15) is 16.8 Å². The van der Waals surface area contributed by atoms with E-state index in [1.807, 2.05) is 48.5 Å². The van der Waals surface area contributed by atoms with E-state index in [0.717, 1.165) is 22.2 Å². The van der Waals surface area contributed by atoms with Crippen LogP contribution < -0.4 is 0 Å². The second kappa shape index (κ2) is 5.02. The van der Waals surface area contributed by atoms with Gasteiger partial charge >= 0.3 is 0 Å². The first-order chi connectivity index (χ1) is 9.78. The number of hydrogen-bond acceptors (Lipinski definition) is 2. The number of nitriles is 1. The number of rotatable bonds is 3. The van der Waals surface area contributed by atoms with E-state index in [1.54, 1.807) is 6.07 Å². The first kappa shape index (κ1) is 12.2. The number of para-hydroxylation sites is 1. The molecule has 0 aliphatic heterocycles. The Morgan fingerprint density at radius 3 is 2.75 bits per heavy atom. The van der Waals surface area contributed by atoms with Gasteiger partial charge in [0.1, 0.15) is 0 Å². The van der Waals surface area contributed by atoms with Crippen molar-refractivity contribution in [2.45, 2.75) is 6.42 Å². The van der Waals surface area contributed by atoms with Gasteiger partial charge in [0.05, 0.1) is 12.5 Å². The van der Waals surface area contributed by atoms with Gasteiger partial charge in [-0.1, -0.05) is 36.4 Å². The highest BCUT2D eigenvalue weighted by molar-refractivity contribution is 5.98. The molecule has 3 rings (SSSR count). The van der Waals surface area contributed by atoms with Gasteiger partial charge < -0.3 is 4.98 Å². The van der Waals surface area contributed by atoms with Gasteiger partial charge in [-0.3, -0.25) is 4.79 Å². The minimum absolute atomic E-state index is 0.0871. The summed E-state index contributed by atoms with van der Waals surface area (Å²) in [7, 11) is 0. The van der Waals surface area contributed by atoms with Crippen LogP contribution in [0.3, 0.4) is 0 Å². The van der Waals surface area contributed by atoms with E-state index in [9.17, 15) is 4.79 Å². The third kappa shape index (κ3) is 2.19. The van der Waals surface area contributed by atoms with Gasteiger partial charge in [0.2, 0.25) is 0 Å². The van der Waals surface area contributed by atoms with Crippen molar-refractivity contribution < 1.29 is 4.79 Å². The lowest BCUT2D eigenvalue weighted by atomic mass is 10.0. The van der Waals surface area contributed by atoms with Crippen LogP contribution in [-0.2, 0) is 0 Å². The number of ketones is 1. The van der Waals surface area contributed by atoms with E-state index >= 15 is 0 Å². The summed E-state index contributed by atoms with van der Waals surface area (Å²) < 4.78 is 0. The number of aromatic amines is 1. The number of carbonyl (C=O) groups excluding carboxylic acids is 1. The molecule has 0 fully saturated rings. The summed E-state index contributed by atoms with van der Waals surface area (Å²) in [5, 5.41) is 9.74. The zero-order chi connectivity index (χ0) is 13.9. The van der Waals surface area contributed by atoms with Crippen molar-refractivity contribution in [1.29, 1.82) is 5.26 Å². The first-order valence-electron chi connectivity index (χ1n) is 6.36. The predicted octanol–water partition coefficient (Wildman–Crippen LogP) is 3.93. The smallest absolute Gasteiger partial charge is 0.176 e. The Bertz CT molecular complexity index is 791. The standard InChI is InChI=1S/C17H12N2O/c18-9-8-17(20)14-6-3-5-12(10-14)16-11-13-4-1-2-7-15(13)19-16/h1-7,10-11,19H,8H2. The monoisotopic (exact) mass is 260 g/mol. The molecule has 3 heteroatoms. The molecular weight excluding hydrogens is 248 g/mol. The number of carbonyl (C=O) groups is 1. The van der Waals surface area contributed by atoms with Crippen LogP contribution in [0.5, 0.6) is 0 Å². The van der Waals surface area contributed by atoms with Crippen molar-refractivity contribution in [1.82, 2.24) is 4.98 Å². The molecule has 3 nitrogen and oxygen atoms in total. The largest absolute Gasteiger partial charge is 0.355 e. The molecule has 0 unspecified atom stereocenters. The SMILES string of the molecule is N#CCC(=O)c1cccc(-c2cc3ccccc3[nH]2)c1. The van der Waals surface area contributed by atoms with Gasteiger partial charge in [-0.05, 0) is 23.8 Å². The van der Waals surface area contributed by atoms with Gasteiger partial charge in [-0.15, -0.1) is 0 Å². The van der Waals surface area contributed by atoms with Crippen molar-refractivity contribution in [3.05, 3.63) is 60.2 Å². The minimum Gasteiger partial charge on any atom is -0.355 e. The lowest BCUT2D eigenvalue weighted by Gasteiger charge is -2.01. The van der Waals surface area contributed by atoms with Crippen molar-refractivity contribution in [3.8, 4) is 17.3 Å². The second-order valence-corrected chi connectivity index (χ2v) is 4.61. The average molecular weight is 260 g/mol. The van der Waals surface area contributed by atoms with Crippen LogP contribution in [0.15, 0.2) is 54.6 Å². The predicted molar refractivity (Wildman–Crippen MR) is 78.3 cm³/mol. The van der Waals surface area contributed by atoms with E-state index in [4.69, 9.17) is 5.26 Å². The number of fused-ring (bicyclic) bond motifs is 1. The molecule has 0 amide bonds. The van der Waals surface area contributed by atoms with Crippen molar-refractivity contribution in [2.75, 3.05) is 0 Å². The lowest BCUT2D eigenvalue weighted by Crippen LogP contribution is -1.97. The van der Waals surface area contributed by atoms with Crippen molar-refractivity contribution in [3.63, 3.8) is 0 Å². The Morgan fingerprint density at radius 1 is 1.10 bits per heavy atom. The Morgan fingerprint density at radius 2 is 1.95 bits per heavy atom. The third-order valence-corrected chi connectivity index (χ3v) is 3.27. The summed E-state index contributed by atoms with van der Waals surface area (Å²) in [5.41, 5.74) is 3.56. The second-order valence-electron chi connectivity index (χ2n) is 4.61. The molecule has 0 spiro atoms. The molecule has 20 heavy (non-hydrogen) atoms. The zero-order valence-corrected chi connectivity index (χ0v) is 10.8. The van der Waals surface area contributed by atoms with E-state index < -0.39 is 0 Å². The zero-order valence-electron chi connectivity index (χ0n) is 10.8. The summed E-state index contributed by atoms with van der Waals surface area (Å²) in [5.74, 6) is -0.148. The van der Waals surface area contributed by atoms with Crippen LogP contribution in [0.4, 0.5) is 0 Å². The van der Waals surface area contributed by atoms with E-state index in [2.05, 4.69) is 11.1 Å². The fraction of sp³-hybridized carbons (Fsp3) is 0.0588. The number of nitrogens with zero attached hydrogens (tertiary/aromatic N) is 1. The molecule has 1 heterocycles. The Hall–Kier alpha value is -2.86. The Labute approximate surface area is 116 Å². The number of H-pyrrole nitrogens is 1. The number of Topliss-reactive ketones (excluding diaryl/α,β-unsaturated/α-hetero) is 1. The summed E-state index contributed by atoms with van der Waals surface area (Å²) in [6, 6.07) is 19.3. The van der Waals surface area contributed by atoms with Gasteiger partial charge in [0.15, 0.2) is 5.78 Å². The Balaban J connectivity index is 2.04. The maximum atomic E-state index is 11.8. The Kier molecular flexibility index (Phi) is 3.06. The summed E-state index contributed by atoms with van der Waals surface area (Å²) >= 11 is 0. The highest BCUT2D eigenvalue weighted by atomic mass is 16.1. The van der Waals surface area contributed by atoms with E-state index in [0.29, 0.717) is 5.56 Å². The third-order valence-electron chi connectivity index (χ3n) is 3.27.